The van der Waals surface area contributed by atoms with Gasteiger partial charge in [0.05, 0.1) is 0 Å². The molecule has 0 fully saturated rings. The number of carbonyl (C=O) groups is 1. The lowest BCUT2D eigenvalue weighted by molar-refractivity contribution is -0.116. The number of nitrogens with zero attached hydrogens (tertiary/aromatic N) is 1. The van der Waals surface area contributed by atoms with Crippen LogP contribution in [0.15, 0.2) is 54.6 Å². The Morgan fingerprint density at radius 1 is 1.04 bits per heavy atom. The topological polar surface area (TPSA) is 32.3 Å². The first-order chi connectivity index (χ1) is 11.0. The van der Waals surface area contributed by atoms with Gasteiger partial charge in [0.15, 0.2) is 0 Å². The van der Waals surface area contributed by atoms with Crippen molar-refractivity contribution in [3.05, 3.63) is 76.9 Å². The summed E-state index contributed by atoms with van der Waals surface area (Å²) in [5.74, 6) is -0.0785. The molecule has 0 saturated heterocycles. The molecule has 0 aliphatic carbocycles. The number of hydrogen-bond acceptors (Lipinski definition) is 2. The van der Waals surface area contributed by atoms with E-state index in [-0.39, 0.29) is 5.91 Å². The first-order valence-electron chi connectivity index (χ1n) is 7.78. The van der Waals surface area contributed by atoms with Gasteiger partial charge in [-0.15, -0.1) is 0 Å². The maximum atomic E-state index is 12.0. The Balaban J connectivity index is 1.93. The maximum Gasteiger partial charge on any atom is 0.244 e. The van der Waals surface area contributed by atoms with Gasteiger partial charge in [-0.3, -0.25) is 4.79 Å². The van der Waals surface area contributed by atoms with Gasteiger partial charge in [-0.2, -0.15) is 0 Å². The van der Waals surface area contributed by atoms with Crippen molar-refractivity contribution in [3.63, 3.8) is 0 Å². The van der Waals surface area contributed by atoms with E-state index in [0.29, 0.717) is 6.54 Å². The van der Waals surface area contributed by atoms with Crippen LogP contribution in [-0.2, 0) is 17.9 Å². The van der Waals surface area contributed by atoms with Crippen molar-refractivity contribution in [3.8, 4) is 0 Å². The van der Waals surface area contributed by atoms with E-state index >= 15 is 0 Å². The summed E-state index contributed by atoms with van der Waals surface area (Å²) in [5, 5.41) is 2.95. The molecule has 1 amide bonds. The van der Waals surface area contributed by atoms with E-state index in [2.05, 4.69) is 22.3 Å². The average molecular weight is 308 g/mol. The van der Waals surface area contributed by atoms with Crippen molar-refractivity contribution in [1.82, 2.24) is 10.2 Å². The second kappa shape index (κ2) is 8.30. The van der Waals surface area contributed by atoms with Crippen LogP contribution >= 0.6 is 0 Å². The Morgan fingerprint density at radius 2 is 1.70 bits per heavy atom. The molecule has 0 heterocycles. The van der Waals surface area contributed by atoms with Crippen LogP contribution < -0.4 is 5.32 Å². The molecule has 0 spiro atoms. The Kier molecular flexibility index (Phi) is 6.12. The summed E-state index contributed by atoms with van der Waals surface area (Å²) in [5.41, 5.74) is 4.63. The van der Waals surface area contributed by atoms with Crippen LogP contribution in [0.1, 0.15) is 22.3 Å². The summed E-state index contributed by atoms with van der Waals surface area (Å²) in [6, 6.07) is 16.3. The Labute approximate surface area is 138 Å². The van der Waals surface area contributed by atoms with Crippen LogP contribution in [0.2, 0.25) is 0 Å². The zero-order chi connectivity index (χ0) is 16.7. The molecule has 2 aromatic rings. The number of nitrogens with one attached hydrogen (secondary N) is 1. The van der Waals surface area contributed by atoms with Crippen LogP contribution in [0.25, 0.3) is 6.08 Å². The lowest BCUT2D eigenvalue weighted by atomic mass is 10.1. The highest BCUT2D eigenvalue weighted by Crippen LogP contribution is 2.10. The molecule has 120 valence electrons. The molecule has 0 bridgehead atoms. The molecule has 2 aromatic carbocycles. The third kappa shape index (κ3) is 5.72. The number of hydrogen-bond donors (Lipinski definition) is 1. The quantitative estimate of drug-likeness (QED) is 0.830. The zero-order valence-corrected chi connectivity index (χ0v) is 14.0. The Bertz CT molecular complexity index is 672. The number of carbonyl (C=O) groups excluding carboxylic acids is 1. The molecular formula is C20H24N2O. The van der Waals surface area contributed by atoms with E-state index in [1.165, 1.54) is 11.1 Å². The van der Waals surface area contributed by atoms with Gasteiger partial charge in [0.25, 0.3) is 0 Å². The highest BCUT2D eigenvalue weighted by atomic mass is 16.1. The van der Waals surface area contributed by atoms with Gasteiger partial charge in [-0.05, 0) is 43.8 Å². The lowest BCUT2D eigenvalue weighted by Gasteiger charge is -2.14. The minimum Gasteiger partial charge on any atom is -0.348 e. The second-order valence-corrected chi connectivity index (χ2v) is 5.97. The third-order valence-corrected chi connectivity index (χ3v) is 3.56. The summed E-state index contributed by atoms with van der Waals surface area (Å²) in [6.07, 6.45) is 3.42. The molecule has 0 radical (unpaired) electrons. The molecule has 0 atom stereocenters. The third-order valence-electron chi connectivity index (χ3n) is 3.56. The summed E-state index contributed by atoms with van der Waals surface area (Å²) in [4.78, 5) is 14.1. The first-order valence-corrected chi connectivity index (χ1v) is 7.78. The molecule has 0 unspecified atom stereocenters. The minimum atomic E-state index is -0.0785. The predicted octanol–water partition coefficient (Wildman–Crippen LogP) is 3.39. The van der Waals surface area contributed by atoms with E-state index in [1.54, 1.807) is 6.08 Å². The SMILES string of the molecule is Cc1ccc(/C=C/C(=O)NCc2ccccc2CN(C)C)cc1. The molecule has 3 nitrogen and oxygen atoms in total. The van der Waals surface area contributed by atoms with E-state index in [1.807, 2.05) is 63.5 Å². The number of aryl methyl sites for hydroxylation is 1. The van der Waals surface area contributed by atoms with Crippen molar-refractivity contribution in [1.29, 1.82) is 0 Å². The monoisotopic (exact) mass is 308 g/mol. The van der Waals surface area contributed by atoms with E-state index in [9.17, 15) is 4.79 Å². The molecule has 23 heavy (non-hydrogen) atoms. The fraction of sp³-hybridized carbons (Fsp3) is 0.250. The molecule has 0 aromatic heterocycles. The van der Waals surface area contributed by atoms with Gasteiger partial charge >= 0.3 is 0 Å². The summed E-state index contributed by atoms with van der Waals surface area (Å²) in [6.45, 7) is 3.46. The van der Waals surface area contributed by atoms with Crippen LogP contribution in [-0.4, -0.2) is 24.9 Å². The van der Waals surface area contributed by atoms with Crippen LogP contribution in [0.4, 0.5) is 0 Å². The predicted molar refractivity (Wildman–Crippen MR) is 95.9 cm³/mol. The van der Waals surface area contributed by atoms with Gasteiger partial charge < -0.3 is 10.2 Å². The fourth-order valence-corrected chi connectivity index (χ4v) is 2.32. The molecule has 3 heteroatoms. The molecular weight excluding hydrogens is 284 g/mol. The van der Waals surface area contributed by atoms with E-state index in [4.69, 9.17) is 0 Å². The smallest absolute Gasteiger partial charge is 0.244 e. The van der Waals surface area contributed by atoms with Gasteiger partial charge in [-0.1, -0.05) is 54.1 Å². The standard InChI is InChI=1S/C20H24N2O/c1-16-8-10-17(11-9-16)12-13-20(23)21-14-18-6-4-5-7-19(18)15-22(2)3/h4-13H,14-15H2,1-3H3,(H,21,23)/b13-12+. The van der Waals surface area contributed by atoms with Gasteiger partial charge in [0.2, 0.25) is 5.91 Å². The maximum absolute atomic E-state index is 12.0. The summed E-state index contributed by atoms with van der Waals surface area (Å²) in [7, 11) is 4.08. The molecule has 0 aliphatic rings. The fourth-order valence-electron chi connectivity index (χ4n) is 2.32. The van der Waals surface area contributed by atoms with E-state index in [0.717, 1.165) is 17.7 Å². The van der Waals surface area contributed by atoms with Gasteiger partial charge in [0.1, 0.15) is 0 Å². The summed E-state index contributed by atoms with van der Waals surface area (Å²) >= 11 is 0. The largest absolute Gasteiger partial charge is 0.348 e. The number of amides is 1. The van der Waals surface area contributed by atoms with E-state index < -0.39 is 0 Å². The highest BCUT2D eigenvalue weighted by Gasteiger charge is 2.04. The van der Waals surface area contributed by atoms with Crippen molar-refractivity contribution in [2.75, 3.05) is 14.1 Å². The zero-order valence-electron chi connectivity index (χ0n) is 14.0. The minimum absolute atomic E-state index is 0.0785. The summed E-state index contributed by atoms with van der Waals surface area (Å²) < 4.78 is 0. The molecule has 2 rings (SSSR count). The normalized spacial score (nSPS) is 11.1. The van der Waals surface area contributed by atoms with Crippen molar-refractivity contribution in [2.45, 2.75) is 20.0 Å². The lowest BCUT2D eigenvalue weighted by Crippen LogP contribution is -2.22. The average Bonchev–Trinajstić information content (AvgIpc) is 2.53. The molecule has 1 N–H and O–H groups in total. The van der Waals surface area contributed by atoms with Crippen molar-refractivity contribution in [2.24, 2.45) is 0 Å². The van der Waals surface area contributed by atoms with Crippen molar-refractivity contribution >= 4 is 12.0 Å². The first kappa shape index (κ1) is 17.0. The Hall–Kier alpha value is -2.39. The van der Waals surface area contributed by atoms with Gasteiger partial charge in [-0.25, -0.2) is 0 Å². The highest BCUT2D eigenvalue weighted by molar-refractivity contribution is 5.91. The van der Waals surface area contributed by atoms with Crippen LogP contribution in [0.3, 0.4) is 0 Å². The van der Waals surface area contributed by atoms with Crippen LogP contribution in [0.5, 0.6) is 0 Å². The second-order valence-electron chi connectivity index (χ2n) is 5.97. The molecule has 0 saturated carbocycles. The Morgan fingerprint density at radius 3 is 2.35 bits per heavy atom. The van der Waals surface area contributed by atoms with Crippen molar-refractivity contribution < 1.29 is 4.79 Å². The number of rotatable bonds is 6. The van der Waals surface area contributed by atoms with Crippen LogP contribution in [0, 0.1) is 6.92 Å². The number of benzene rings is 2. The molecule has 0 aliphatic heterocycles. The van der Waals surface area contributed by atoms with Gasteiger partial charge in [0, 0.05) is 19.2 Å².